The molecule has 6 heteroatoms. The Kier molecular flexibility index (Phi) is 4.36. The molecule has 0 spiro atoms. The van der Waals surface area contributed by atoms with Crippen LogP contribution in [0.15, 0.2) is 24.3 Å². The van der Waals surface area contributed by atoms with Crippen LogP contribution in [-0.4, -0.2) is 17.0 Å². The van der Waals surface area contributed by atoms with Gasteiger partial charge in [0.25, 0.3) is 5.91 Å². The predicted octanol–water partition coefficient (Wildman–Crippen LogP) is 3.69. The highest BCUT2D eigenvalue weighted by Crippen LogP contribution is 2.43. The second-order valence-electron chi connectivity index (χ2n) is 5.81. The van der Waals surface area contributed by atoms with Gasteiger partial charge in [0.1, 0.15) is 11.1 Å². The van der Waals surface area contributed by atoms with Gasteiger partial charge >= 0.3 is 5.97 Å². The lowest BCUT2D eigenvalue weighted by Crippen LogP contribution is -2.18. The van der Waals surface area contributed by atoms with E-state index in [9.17, 15) is 20.0 Å². The van der Waals surface area contributed by atoms with Gasteiger partial charge in [-0.05, 0) is 37.8 Å². The Bertz CT molecular complexity index is 864. The molecule has 0 radical (unpaired) electrons. The van der Waals surface area contributed by atoms with E-state index in [-0.39, 0.29) is 5.91 Å². The minimum Gasteiger partial charge on any atom is -0.481 e. The first-order chi connectivity index (χ1) is 11.5. The molecule has 0 aliphatic heterocycles. The third kappa shape index (κ3) is 2.79. The Labute approximate surface area is 143 Å². The molecule has 0 saturated carbocycles. The molecular weight excluding hydrogens is 324 g/mol. The van der Waals surface area contributed by atoms with Crippen molar-refractivity contribution in [2.75, 3.05) is 5.32 Å². The molecule has 0 bridgehead atoms. The van der Waals surface area contributed by atoms with Gasteiger partial charge in [-0.3, -0.25) is 9.59 Å². The minimum atomic E-state index is -0.915. The van der Waals surface area contributed by atoms with Gasteiger partial charge in [0.05, 0.1) is 11.5 Å². The highest BCUT2D eigenvalue weighted by Gasteiger charge is 2.33. The number of hydrogen-bond acceptors (Lipinski definition) is 4. The van der Waals surface area contributed by atoms with Crippen molar-refractivity contribution < 1.29 is 14.7 Å². The van der Waals surface area contributed by atoms with Gasteiger partial charge in [-0.2, -0.15) is 5.26 Å². The molecule has 1 aliphatic rings. The number of benzene rings is 1. The van der Waals surface area contributed by atoms with E-state index in [1.54, 1.807) is 12.1 Å². The maximum Gasteiger partial charge on any atom is 0.311 e. The second kappa shape index (κ2) is 6.46. The van der Waals surface area contributed by atoms with Crippen molar-refractivity contribution in [1.29, 1.82) is 5.26 Å². The van der Waals surface area contributed by atoms with Gasteiger partial charge in [0.2, 0.25) is 0 Å². The van der Waals surface area contributed by atoms with Crippen LogP contribution < -0.4 is 5.32 Å². The number of carbonyl (C=O) groups excluding carboxylic acids is 1. The Hall–Kier alpha value is -2.65. The molecule has 3 rings (SSSR count). The fourth-order valence-corrected chi connectivity index (χ4v) is 4.35. The first-order valence-corrected chi connectivity index (χ1v) is 8.50. The van der Waals surface area contributed by atoms with Crippen LogP contribution in [0.5, 0.6) is 0 Å². The van der Waals surface area contributed by atoms with Crippen LogP contribution in [0.4, 0.5) is 5.00 Å². The Balaban J connectivity index is 1.98. The van der Waals surface area contributed by atoms with Crippen molar-refractivity contribution in [3.63, 3.8) is 0 Å². The fourth-order valence-electron chi connectivity index (χ4n) is 3.10. The first-order valence-electron chi connectivity index (χ1n) is 7.68. The normalized spacial score (nSPS) is 16.1. The number of aliphatic carboxylic acids is 1. The van der Waals surface area contributed by atoms with E-state index in [0.717, 1.165) is 23.3 Å². The molecule has 2 aromatic rings. The lowest BCUT2D eigenvalue weighted by molar-refractivity contribution is -0.139. The van der Waals surface area contributed by atoms with Gasteiger partial charge in [0, 0.05) is 16.0 Å². The molecule has 1 aromatic carbocycles. The fraction of sp³-hybridized carbons (Fsp3) is 0.278. The summed E-state index contributed by atoms with van der Waals surface area (Å²) in [5, 5.41) is 22.2. The monoisotopic (exact) mass is 340 g/mol. The van der Waals surface area contributed by atoms with Crippen LogP contribution in [0.2, 0.25) is 0 Å². The SMILES string of the molecule is Cc1ccccc1C(=O)Nc1sc2c(c1C#N)C(C(=O)O)CCC2. The summed E-state index contributed by atoms with van der Waals surface area (Å²) in [4.78, 5) is 24.9. The highest BCUT2D eigenvalue weighted by molar-refractivity contribution is 7.16. The molecule has 5 nitrogen and oxygen atoms in total. The molecule has 24 heavy (non-hydrogen) atoms. The number of aryl methyl sites for hydroxylation is 2. The molecule has 1 amide bonds. The Morgan fingerprint density at radius 1 is 1.38 bits per heavy atom. The highest BCUT2D eigenvalue weighted by atomic mass is 32.1. The number of carbonyl (C=O) groups is 2. The number of carboxylic acids is 1. The van der Waals surface area contributed by atoms with Crippen molar-refractivity contribution in [1.82, 2.24) is 0 Å². The lowest BCUT2D eigenvalue weighted by Gasteiger charge is -2.18. The predicted molar refractivity (Wildman–Crippen MR) is 91.5 cm³/mol. The molecule has 1 unspecified atom stereocenters. The second-order valence-corrected chi connectivity index (χ2v) is 6.91. The van der Waals surface area contributed by atoms with E-state index >= 15 is 0 Å². The molecule has 2 N–H and O–H groups in total. The Morgan fingerprint density at radius 3 is 2.79 bits per heavy atom. The third-order valence-corrected chi connectivity index (χ3v) is 5.47. The molecule has 1 aromatic heterocycles. The van der Waals surface area contributed by atoms with Crippen molar-refractivity contribution in [2.45, 2.75) is 32.1 Å². The largest absolute Gasteiger partial charge is 0.481 e. The minimum absolute atomic E-state index is 0.282. The molecule has 1 heterocycles. The van der Waals surface area contributed by atoms with Crippen molar-refractivity contribution in [2.24, 2.45) is 0 Å². The van der Waals surface area contributed by atoms with Gasteiger partial charge in [-0.15, -0.1) is 11.3 Å². The van der Waals surface area contributed by atoms with Crippen molar-refractivity contribution in [3.8, 4) is 6.07 Å². The first kappa shape index (κ1) is 16.2. The number of nitrogens with zero attached hydrogens (tertiary/aromatic N) is 1. The molecule has 1 aliphatic carbocycles. The van der Waals surface area contributed by atoms with Crippen LogP contribution in [0.25, 0.3) is 0 Å². The lowest BCUT2D eigenvalue weighted by atomic mass is 9.85. The summed E-state index contributed by atoms with van der Waals surface area (Å²) in [6.45, 7) is 1.85. The number of thiophene rings is 1. The van der Waals surface area contributed by atoms with Gasteiger partial charge in [0.15, 0.2) is 0 Å². The maximum absolute atomic E-state index is 12.5. The average molecular weight is 340 g/mol. The standard InChI is InChI=1S/C18H16N2O3S/c1-10-5-2-3-6-11(10)16(21)20-17-13(9-19)15-12(18(22)23)7-4-8-14(15)24-17/h2-3,5-6,12H,4,7-8H2,1H3,(H,20,21)(H,22,23). The van der Waals surface area contributed by atoms with E-state index in [2.05, 4.69) is 11.4 Å². The van der Waals surface area contributed by atoms with Crippen LogP contribution >= 0.6 is 11.3 Å². The maximum atomic E-state index is 12.5. The number of anilines is 1. The summed E-state index contributed by atoms with van der Waals surface area (Å²) in [7, 11) is 0. The van der Waals surface area contributed by atoms with E-state index in [1.807, 2.05) is 19.1 Å². The van der Waals surface area contributed by atoms with Crippen LogP contribution in [0.3, 0.4) is 0 Å². The van der Waals surface area contributed by atoms with Crippen LogP contribution in [0, 0.1) is 18.3 Å². The molecule has 1 atom stereocenters. The third-order valence-electron chi connectivity index (χ3n) is 4.29. The van der Waals surface area contributed by atoms with E-state index in [4.69, 9.17) is 0 Å². The number of fused-ring (bicyclic) bond motifs is 1. The number of nitriles is 1. The van der Waals surface area contributed by atoms with Gasteiger partial charge in [-0.1, -0.05) is 18.2 Å². The zero-order valence-corrected chi connectivity index (χ0v) is 13.9. The van der Waals surface area contributed by atoms with Crippen molar-refractivity contribution >= 4 is 28.2 Å². The van der Waals surface area contributed by atoms with Gasteiger partial charge in [-0.25, -0.2) is 0 Å². The molecule has 122 valence electrons. The zero-order chi connectivity index (χ0) is 17.3. The zero-order valence-electron chi connectivity index (χ0n) is 13.1. The van der Waals surface area contributed by atoms with E-state index in [1.165, 1.54) is 11.3 Å². The van der Waals surface area contributed by atoms with E-state index < -0.39 is 11.9 Å². The summed E-state index contributed by atoms with van der Waals surface area (Å²) < 4.78 is 0. The van der Waals surface area contributed by atoms with Crippen molar-refractivity contribution in [3.05, 3.63) is 51.4 Å². The summed E-state index contributed by atoms with van der Waals surface area (Å²) in [6, 6.07) is 9.31. The number of hydrogen-bond donors (Lipinski definition) is 2. The van der Waals surface area contributed by atoms with E-state index in [0.29, 0.717) is 28.1 Å². The number of nitrogens with one attached hydrogen (secondary N) is 1. The number of amides is 1. The molecular formula is C18H16N2O3S. The summed E-state index contributed by atoms with van der Waals surface area (Å²) in [5.41, 5.74) is 2.27. The average Bonchev–Trinajstić information content (AvgIpc) is 2.91. The number of rotatable bonds is 3. The van der Waals surface area contributed by atoms with Crippen LogP contribution in [0.1, 0.15) is 50.7 Å². The summed E-state index contributed by atoms with van der Waals surface area (Å²) in [5.74, 6) is -1.86. The summed E-state index contributed by atoms with van der Waals surface area (Å²) in [6.07, 6.45) is 2.05. The molecule has 0 fully saturated rings. The topological polar surface area (TPSA) is 90.2 Å². The smallest absolute Gasteiger partial charge is 0.311 e. The Morgan fingerprint density at radius 2 is 2.12 bits per heavy atom. The number of carboxylic acid groups (broad SMARTS) is 1. The van der Waals surface area contributed by atoms with Crippen LogP contribution in [-0.2, 0) is 11.2 Å². The molecule has 0 saturated heterocycles. The summed E-state index contributed by atoms with van der Waals surface area (Å²) >= 11 is 1.32. The quantitative estimate of drug-likeness (QED) is 0.891. The van der Waals surface area contributed by atoms with Gasteiger partial charge < -0.3 is 10.4 Å².